The van der Waals surface area contributed by atoms with Crippen LogP contribution in [0.3, 0.4) is 0 Å². The highest BCUT2D eigenvalue weighted by Crippen LogP contribution is 2.31. The van der Waals surface area contributed by atoms with Crippen molar-refractivity contribution in [1.82, 2.24) is 15.0 Å². The molecule has 39 heavy (non-hydrogen) atoms. The van der Waals surface area contributed by atoms with Crippen LogP contribution in [-0.2, 0) is 6.42 Å². The van der Waals surface area contributed by atoms with E-state index in [4.69, 9.17) is 9.98 Å². The number of allylic oxidation sites excluding steroid dienone is 2. The molecule has 0 amide bonds. The van der Waals surface area contributed by atoms with Gasteiger partial charge in [0, 0.05) is 16.4 Å². The van der Waals surface area contributed by atoms with Crippen molar-refractivity contribution in [3.8, 4) is 0 Å². The third-order valence-corrected chi connectivity index (χ3v) is 9.45. The molecule has 0 radical (unpaired) electrons. The molecule has 3 aliphatic heterocycles. The number of aromatic amines is 3. The van der Waals surface area contributed by atoms with Gasteiger partial charge in [-0.3, -0.25) is 0 Å². The van der Waals surface area contributed by atoms with Crippen LogP contribution in [0.2, 0.25) is 0 Å². The molecule has 0 saturated carbocycles. The molecule has 3 aliphatic rings. The molecule has 3 aromatic heterocycles. The number of hydrogen-bond donors (Lipinski definition) is 3. The van der Waals surface area contributed by atoms with Gasteiger partial charge in [0.05, 0.1) is 39.2 Å². The summed E-state index contributed by atoms with van der Waals surface area (Å²) in [5.74, 6) is 0. The average molecular weight is 518 g/mol. The van der Waals surface area contributed by atoms with Crippen LogP contribution in [0.4, 0.5) is 0 Å². The molecular formula is C34H39N5. The van der Waals surface area contributed by atoms with Crippen molar-refractivity contribution in [3.63, 3.8) is 0 Å². The van der Waals surface area contributed by atoms with Crippen molar-refractivity contribution in [1.29, 1.82) is 0 Å². The molecule has 3 aromatic rings. The first kappa shape index (κ1) is 25.4. The standard InChI is InChI=1S/C34H39N5/c1-11-23-21(9)33-34-22(10)24(12-2)28(38-34)14-26-16(4)18(6)30(36-26)32-20(8)19(7)31(39-32)29-17(5)15(3)25(35-29)13-27(23)37-33/h13-14,35-37H,11-12H2,1-10H3. The minimum Gasteiger partial charge on any atom is -0.353 e. The van der Waals surface area contributed by atoms with Gasteiger partial charge in [0.25, 0.3) is 0 Å². The van der Waals surface area contributed by atoms with Crippen LogP contribution in [0.1, 0.15) is 85.8 Å². The Bertz CT molecular complexity index is 1990. The van der Waals surface area contributed by atoms with Gasteiger partial charge < -0.3 is 15.0 Å². The Balaban J connectivity index is 1.84. The van der Waals surface area contributed by atoms with Crippen molar-refractivity contribution in [2.75, 3.05) is 0 Å². The second kappa shape index (κ2) is 8.84. The van der Waals surface area contributed by atoms with Crippen LogP contribution in [0.5, 0.6) is 0 Å². The lowest BCUT2D eigenvalue weighted by Gasteiger charge is -2.02. The second-order valence-electron chi connectivity index (χ2n) is 11.3. The van der Waals surface area contributed by atoms with Crippen molar-refractivity contribution < 1.29 is 0 Å². The first-order chi connectivity index (χ1) is 18.6. The number of nitrogens with zero attached hydrogens (tertiary/aromatic N) is 2. The summed E-state index contributed by atoms with van der Waals surface area (Å²) in [6.07, 6.45) is 6.41. The SMILES string of the molecule is CCC1=C(C)C2=c3[nH]c(c(CC)c3C)=Cc3[nH]c(c(C)c3C)C3=NC(=c4[nH]c(c(C)c4C)=CC1=N2)C(C)=C3C. The quantitative estimate of drug-likeness (QED) is 0.443. The number of fused-ring (bicyclic) bond motifs is 9. The second-order valence-corrected chi connectivity index (χ2v) is 11.3. The largest absolute Gasteiger partial charge is 0.353 e. The van der Waals surface area contributed by atoms with Gasteiger partial charge in [0.2, 0.25) is 0 Å². The fourth-order valence-corrected chi connectivity index (χ4v) is 6.48. The summed E-state index contributed by atoms with van der Waals surface area (Å²) in [4.78, 5) is 21.8. The lowest BCUT2D eigenvalue weighted by atomic mass is 10.0. The van der Waals surface area contributed by atoms with E-state index in [-0.39, 0.29) is 0 Å². The van der Waals surface area contributed by atoms with Crippen LogP contribution >= 0.6 is 0 Å². The molecule has 5 nitrogen and oxygen atoms in total. The Labute approximate surface area is 230 Å². The van der Waals surface area contributed by atoms with E-state index in [9.17, 15) is 0 Å². The third kappa shape index (κ3) is 3.52. The Kier molecular flexibility index (Phi) is 5.76. The van der Waals surface area contributed by atoms with E-state index in [1.165, 1.54) is 55.7 Å². The summed E-state index contributed by atoms with van der Waals surface area (Å²) in [6.45, 7) is 22.1. The van der Waals surface area contributed by atoms with E-state index < -0.39 is 0 Å². The Morgan fingerprint density at radius 2 is 1.26 bits per heavy atom. The normalized spacial score (nSPS) is 16.6. The van der Waals surface area contributed by atoms with Crippen molar-refractivity contribution >= 4 is 35.0 Å². The molecular weight excluding hydrogens is 478 g/mol. The van der Waals surface area contributed by atoms with E-state index in [1.54, 1.807) is 0 Å². The first-order valence-electron chi connectivity index (χ1n) is 14.2. The predicted octanol–water partition coefficient (Wildman–Crippen LogP) is 4.64. The van der Waals surface area contributed by atoms with Gasteiger partial charge in [-0.05, 0) is 136 Å². The zero-order chi connectivity index (χ0) is 27.9. The lowest BCUT2D eigenvalue weighted by Crippen LogP contribution is -2.16. The predicted molar refractivity (Wildman–Crippen MR) is 164 cm³/mol. The van der Waals surface area contributed by atoms with Crippen LogP contribution in [0.25, 0.3) is 23.5 Å². The number of nitrogens with one attached hydrogen (secondary N) is 3. The average Bonchev–Trinajstić information content (AvgIpc) is 3.64. The highest BCUT2D eigenvalue weighted by atomic mass is 14.9. The minimum atomic E-state index is 0.936. The molecule has 6 heterocycles. The first-order valence-corrected chi connectivity index (χ1v) is 14.2. The Morgan fingerprint density at radius 3 is 1.95 bits per heavy atom. The maximum atomic E-state index is 5.26. The lowest BCUT2D eigenvalue weighted by molar-refractivity contribution is 1.10. The number of aliphatic imine (C=N–C) groups is 2. The van der Waals surface area contributed by atoms with Crippen LogP contribution < -0.4 is 21.4 Å². The van der Waals surface area contributed by atoms with E-state index in [2.05, 4.69) is 96.3 Å². The summed E-state index contributed by atoms with van der Waals surface area (Å²) in [5.41, 5.74) is 19.0. The summed E-state index contributed by atoms with van der Waals surface area (Å²) >= 11 is 0. The molecule has 0 atom stereocenters. The zero-order valence-corrected chi connectivity index (χ0v) is 25.0. The maximum Gasteiger partial charge on any atom is 0.0908 e. The Hall–Kier alpha value is -3.86. The summed E-state index contributed by atoms with van der Waals surface area (Å²) in [5, 5.41) is 4.48. The summed E-state index contributed by atoms with van der Waals surface area (Å²) in [7, 11) is 0. The van der Waals surface area contributed by atoms with Gasteiger partial charge in [-0.2, -0.15) is 0 Å². The van der Waals surface area contributed by atoms with Crippen molar-refractivity contribution in [3.05, 3.63) is 88.5 Å². The number of H-pyrrole nitrogens is 3. The van der Waals surface area contributed by atoms with Crippen LogP contribution in [0, 0.1) is 34.6 Å². The number of hydrogen-bond acceptors (Lipinski definition) is 2. The molecule has 0 spiro atoms. The highest BCUT2D eigenvalue weighted by molar-refractivity contribution is 6.25. The summed E-state index contributed by atoms with van der Waals surface area (Å²) in [6, 6.07) is 0. The van der Waals surface area contributed by atoms with E-state index in [0.29, 0.717) is 0 Å². The monoisotopic (exact) mass is 517 g/mol. The molecule has 6 rings (SSSR count). The topological polar surface area (TPSA) is 72.1 Å². The smallest absolute Gasteiger partial charge is 0.0908 e. The number of rotatable bonds is 2. The van der Waals surface area contributed by atoms with Crippen LogP contribution in [0.15, 0.2) is 32.3 Å². The van der Waals surface area contributed by atoms with Gasteiger partial charge in [0.15, 0.2) is 0 Å². The fourth-order valence-electron chi connectivity index (χ4n) is 6.48. The number of aromatic nitrogens is 3. The molecule has 0 unspecified atom stereocenters. The van der Waals surface area contributed by atoms with Gasteiger partial charge in [0.1, 0.15) is 0 Å². The van der Waals surface area contributed by atoms with Gasteiger partial charge >= 0.3 is 0 Å². The fraction of sp³-hybridized carbons (Fsp3) is 0.353. The van der Waals surface area contributed by atoms with Gasteiger partial charge in [-0.25, -0.2) is 9.98 Å². The van der Waals surface area contributed by atoms with Gasteiger partial charge in [-0.1, -0.05) is 13.8 Å². The molecule has 10 bridgehead atoms. The minimum absolute atomic E-state index is 0.936. The van der Waals surface area contributed by atoms with E-state index in [1.807, 2.05) is 0 Å². The van der Waals surface area contributed by atoms with Crippen LogP contribution in [-0.4, -0.2) is 26.4 Å². The molecule has 0 fully saturated rings. The molecule has 3 N–H and O–H groups in total. The van der Waals surface area contributed by atoms with Crippen molar-refractivity contribution in [2.45, 2.75) is 82.1 Å². The van der Waals surface area contributed by atoms with E-state index in [0.717, 1.165) is 68.4 Å². The third-order valence-electron chi connectivity index (χ3n) is 9.45. The Morgan fingerprint density at radius 1 is 0.590 bits per heavy atom. The molecule has 5 heteroatoms. The zero-order valence-electron chi connectivity index (χ0n) is 25.0. The van der Waals surface area contributed by atoms with Crippen molar-refractivity contribution in [2.24, 2.45) is 9.98 Å². The summed E-state index contributed by atoms with van der Waals surface area (Å²) < 4.78 is 0. The maximum absolute atomic E-state index is 5.26. The molecule has 0 aliphatic carbocycles. The van der Waals surface area contributed by atoms with Gasteiger partial charge in [-0.15, -0.1) is 0 Å². The van der Waals surface area contributed by atoms with E-state index >= 15 is 0 Å². The molecule has 0 saturated heterocycles. The molecule has 0 aromatic carbocycles. The highest BCUT2D eigenvalue weighted by Gasteiger charge is 2.26. The molecule has 200 valence electrons.